The fraction of sp³-hybridized carbons (Fsp3) is 0.0952. The molecule has 0 atom stereocenters. The molecule has 8 heteroatoms. The van der Waals surface area contributed by atoms with E-state index in [1.165, 1.54) is 4.57 Å². The molecule has 0 fully saturated rings. The monoisotopic (exact) mass is 387 g/mol. The van der Waals surface area contributed by atoms with E-state index in [2.05, 4.69) is 15.3 Å². The Morgan fingerprint density at radius 2 is 1.72 bits per heavy atom. The van der Waals surface area contributed by atoms with Gasteiger partial charge in [-0.05, 0) is 42.0 Å². The fourth-order valence-corrected chi connectivity index (χ4v) is 3.03. The Balaban J connectivity index is 1.66. The van der Waals surface area contributed by atoms with Crippen molar-refractivity contribution in [1.82, 2.24) is 19.1 Å². The lowest BCUT2D eigenvalue weighted by atomic mass is 10.2. The van der Waals surface area contributed by atoms with Gasteiger partial charge in [0.15, 0.2) is 5.82 Å². The van der Waals surface area contributed by atoms with Crippen LogP contribution in [-0.2, 0) is 17.9 Å². The molecular formula is C21H17N5O3. The Morgan fingerprint density at radius 3 is 2.48 bits per heavy atom. The molecule has 2 aliphatic rings. The van der Waals surface area contributed by atoms with E-state index in [0.717, 1.165) is 10.1 Å². The number of para-hydroxylation sites is 1. The second-order valence-electron chi connectivity index (χ2n) is 6.43. The molecule has 0 saturated heterocycles. The molecule has 29 heavy (non-hydrogen) atoms. The Hall–Kier alpha value is -4.07. The van der Waals surface area contributed by atoms with Crippen LogP contribution in [0.5, 0.6) is 0 Å². The molecular weight excluding hydrogens is 370 g/mol. The van der Waals surface area contributed by atoms with Crippen LogP contribution in [-0.4, -0.2) is 25.0 Å². The van der Waals surface area contributed by atoms with Gasteiger partial charge in [-0.1, -0.05) is 18.2 Å². The molecule has 0 saturated carbocycles. The van der Waals surface area contributed by atoms with Crippen molar-refractivity contribution in [3.05, 3.63) is 99.6 Å². The maximum absolute atomic E-state index is 12.9. The largest absolute Gasteiger partial charge is 0.352 e. The van der Waals surface area contributed by atoms with Crippen LogP contribution < -0.4 is 16.6 Å². The second kappa shape index (κ2) is 7.89. The molecule has 2 aromatic rings. The van der Waals surface area contributed by atoms with Crippen molar-refractivity contribution >= 4 is 11.6 Å². The highest BCUT2D eigenvalue weighted by Gasteiger charge is 2.18. The number of hydrogen-bond donors (Lipinski definition) is 1. The minimum absolute atomic E-state index is 0.0769. The van der Waals surface area contributed by atoms with E-state index >= 15 is 0 Å². The number of anilines is 1. The van der Waals surface area contributed by atoms with Gasteiger partial charge in [-0.3, -0.25) is 19.1 Å². The number of fused-ring (bicyclic) bond motifs is 1. The summed E-state index contributed by atoms with van der Waals surface area (Å²) in [5.41, 5.74) is 0.591. The van der Waals surface area contributed by atoms with Gasteiger partial charge < -0.3 is 9.88 Å². The standard InChI is InChI=1S/C21H17N5O3/c27-18(23-16-5-2-1-3-6-16)14-25-12-4-7-17-19(25)24-21(29)26(20(17)28)13-15-8-10-22-11-9-15/h1-12H,13-14H2,(H,23,27). The first-order valence-corrected chi connectivity index (χ1v) is 8.95. The number of benzene rings is 1. The van der Waals surface area contributed by atoms with Crippen LogP contribution >= 0.6 is 0 Å². The van der Waals surface area contributed by atoms with Gasteiger partial charge in [0.2, 0.25) is 5.91 Å². The predicted octanol–water partition coefficient (Wildman–Crippen LogP) is 1.59. The lowest BCUT2D eigenvalue weighted by Gasteiger charge is -2.15. The lowest BCUT2D eigenvalue weighted by molar-refractivity contribution is -0.116. The van der Waals surface area contributed by atoms with Crippen molar-refractivity contribution in [3.8, 4) is 11.4 Å². The van der Waals surface area contributed by atoms with E-state index < -0.39 is 11.2 Å². The Bertz CT molecular complexity index is 1230. The topological polar surface area (TPSA) is 98.9 Å². The number of rotatable bonds is 5. The molecule has 0 unspecified atom stereocenters. The van der Waals surface area contributed by atoms with Crippen LogP contribution in [0.4, 0.5) is 5.69 Å². The minimum Gasteiger partial charge on any atom is -0.325 e. The zero-order chi connectivity index (χ0) is 20.2. The number of carbonyl (C=O) groups excluding carboxylic acids is 1. The number of hydrogen-bond acceptors (Lipinski definition) is 5. The van der Waals surface area contributed by atoms with E-state index in [1.54, 1.807) is 55.0 Å². The molecule has 144 valence electrons. The third-order valence-corrected chi connectivity index (χ3v) is 4.41. The van der Waals surface area contributed by atoms with Crippen LogP contribution in [0, 0.1) is 0 Å². The number of pyridine rings is 2. The Kier molecular flexibility index (Phi) is 4.98. The fourth-order valence-electron chi connectivity index (χ4n) is 3.03. The summed E-state index contributed by atoms with van der Waals surface area (Å²) >= 11 is 0. The van der Waals surface area contributed by atoms with Gasteiger partial charge in [-0.15, -0.1) is 0 Å². The van der Waals surface area contributed by atoms with Crippen molar-refractivity contribution in [2.75, 3.05) is 5.32 Å². The first kappa shape index (κ1) is 18.3. The summed E-state index contributed by atoms with van der Waals surface area (Å²) in [6.07, 6.45) is 4.81. The third-order valence-electron chi connectivity index (χ3n) is 4.41. The summed E-state index contributed by atoms with van der Waals surface area (Å²) < 4.78 is 2.57. The molecule has 3 heterocycles. The molecule has 0 aliphatic carbocycles. The van der Waals surface area contributed by atoms with Crippen molar-refractivity contribution in [2.45, 2.75) is 13.1 Å². The van der Waals surface area contributed by atoms with Gasteiger partial charge in [0, 0.05) is 24.3 Å². The van der Waals surface area contributed by atoms with E-state index in [-0.39, 0.29) is 30.4 Å². The minimum atomic E-state index is -0.664. The summed E-state index contributed by atoms with van der Waals surface area (Å²) in [6.45, 7) is 0.0268. The smallest absolute Gasteiger partial charge is 0.325 e. The predicted molar refractivity (Wildman–Crippen MR) is 108 cm³/mol. The molecule has 0 bridgehead atoms. The van der Waals surface area contributed by atoms with Crippen LogP contribution in [0.2, 0.25) is 0 Å². The molecule has 0 spiro atoms. The number of aromatic nitrogens is 4. The van der Waals surface area contributed by atoms with Crippen LogP contribution in [0.1, 0.15) is 5.56 Å². The Morgan fingerprint density at radius 1 is 0.966 bits per heavy atom. The maximum atomic E-state index is 12.9. The van der Waals surface area contributed by atoms with Crippen molar-refractivity contribution in [1.29, 1.82) is 0 Å². The number of nitrogens with zero attached hydrogens (tertiary/aromatic N) is 4. The number of carbonyl (C=O) groups is 1. The van der Waals surface area contributed by atoms with Gasteiger partial charge in [0.1, 0.15) is 6.54 Å². The van der Waals surface area contributed by atoms with Gasteiger partial charge in [0.25, 0.3) is 5.56 Å². The summed E-state index contributed by atoms with van der Waals surface area (Å²) in [5.74, 6) is -0.111. The SMILES string of the molecule is O=C(Cn1cccc2c(=O)n(Cc3ccncc3)c(=O)nc1-2)Nc1ccccc1. The highest BCUT2D eigenvalue weighted by atomic mass is 16.2. The average Bonchev–Trinajstić information content (AvgIpc) is 2.73. The second-order valence-corrected chi connectivity index (χ2v) is 6.43. The molecule has 4 rings (SSSR count). The molecule has 1 aromatic heterocycles. The molecule has 1 amide bonds. The van der Waals surface area contributed by atoms with Crippen molar-refractivity contribution in [3.63, 3.8) is 0 Å². The van der Waals surface area contributed by atoms with E-state index in [1.807, 2.05) is 18.2 Å². The normalized spacial score (nSPS) is 10.8. The lowest BCUT2D eigenvalue weighted by Crippen LogP contribution is -2.38. The van der Waals surface area contributed by atoms with E-state index in [0.29, 0.717) is 5.69 Å². The maximum Gasteiger partial charge on any atom is 0.352 e. The molecule has 8 nitrogen and oxygen atoms in total. The number of nitrogens with one attached hydrogen (secondary N) is 1. The number of amides is 1. The zero-order valence-corrected chi connectivity index (χ0v) is 15.4. The van der Waals surface area contributed by atoms with Crippen LogP contribution in [0.3, 0.4) is 0 Å². The first-order valence-electron chi connectivity index (χ1n) is 8.95. The molecule has 1 N–H and O–H groups in total. The first-order chi connectivity index (χ1) is 14.1. The third kappa shape index (κ3) is 3.96. The van der Waals surface area contributed by atoms with Crippen molar-refractivity contribution in [2.24, 2.45) is 0 Å². The zero-order valence-electron chi connectivity index (χ0n) is 15.4. The summed E-state index contributed by atoms with van der Waals surface area (Å²) in [6, 6.07) is 15.8. The van der Waals surface area contributed by atoms with Gasteiger partial charge in [0.05, 0.1) is 12.1 Å². The summed E-state index contributed by atoms with van der Waals surface area (Å²) in [5, 5.41) is 2.77. The van der Waals surface area contributed by atoms with Crippen LogP contribution in [0.15, 0.2) is 82.8 Å². The van der Waals surface area contributed by atoms with Gasteiger partial charge in [-0.2, -0.15) is 4.98 Å². The van der Waals surface area contributed by atoms with E-state index in [4.69, 9.17) is 0 Å². The highest BCUT2D eigenvalue weighted by molar-refractivity contribution is 5.90. The van der Waals surface area contributed by atoms with E-state index in [9.17, 15) is 14.4 Å². The van der Waals surface area contributed by atoms with Crippen LogP contribution in [0.25, 0.3) is 11.4 Å². The quantitative estimate of drug-likeness (QED) is 0.561. The van der Waals surface area contributed by atoms with Crippen molar-refractivity contribution < 1.29 is 4.79 Å². The van der Waals surface area contributed by atoms with Gasteiger partial charge in [-0.25, -0.2) is 4.79 Å². The molecule has 1 aromatic carbocycles. The molecule has 2 aliphatic heterocycles. The summed E-state index contributed by atoms with van der Waals surface area (Å²) in [7, 11) is 0. The van der Waals surface area contributed by atoms with Gasteiger partial charge >= 0.3 is 5.69 Å². The average molecular weight is 387 g/mol. The highest BCUT2D eigenvalue weighted by Crippen LogP contribution is 2.14. The Labute approximate surface area is 165 Å². The summed E-state index contributed by atoms with van der Waals surface area (Å²) in [4.78, 5) is 45.8. The molecule has 0 radical (unpaired) electrons.